The Morgan fingerprint density at radius 2 is 1.89 bits per heavy atom. The largest absolute Gasteiger partial charge is 0.437 e. The van der Waals surface area contributed by atoms with Gasteiger partial charge < -0.3 is 11.1 Å². The van der Waals surface area contributed by atoms with E-state index in [4.69, 9.17) is 5.73 Å². The Kier molecular flexibility index (Phi) is 6.15. The maximum absolute atomic E-state index is 13.8. The predicted octanol–water partition coefficient (Wildman–Crippen LogP) is 4.17. The molecule has 12 heteroatoms. The SMILES string of the molecule is Cc1c(NC(=O)c2cc(C(N)=O)c3ccccc3n2)c(C(F)(F)F)nn1Cc1cc(F)ccc1C#N. The van der Waals surface area contributed by atoms with Crippen molar-refractivity contribution in [1.82, 2.24) is 14.8 Å². The van der Waals surface area contributed by atoms with Crippen molar-refractivity contribution in [3.8, 4) is 6.07 Å². The van der Waals surface area contributed by atoms with E-state index in [-0.39, 0.29) is 40.1 Å². The van der Waals surface area contributed by atoms with Gasteiger partial charge in [0.25, 0.3) is 5.91 Å². The van der Waals surface area contributed by atoms with Crippen molar-refractivity contribution in [1.29, 1.82) is 5.26 Å². The summed E-state index contributed by atoms with van der Waals surface area (Å²) in [7, 11) is 0. The van der Waals surface area contributed by atoms with Gasteiger partial charge in [-0.25, -0.2) is 9.37 Å². The lowest BCUT2D eigenvalue weighted by molar-refractivity contribution is -0.140. The maximum Gasteiger partial charge on any atom is 0.437 e. The molecule has 2 aromatic carbocycles. The zero-order valence-corrected chi connectivity index (χ0v) is 18.5. The smallest absolute Gasteiger partial charge is 0.366 e. The Hall–Kier alpha value is -4.79. The average Bonchev–Trinajstić information content (AvgIpc) is 3.13. The number of nitrogens with zero attached hydrogens (tertiary/aromatic N) is 4. The number of nitrogens with two attached hydrogens (primary N) is 1. The number of anilines is 1. The fourth-order valence-electron chi connectivity index (χ4n) is 3.68. The van der Waals surface area contributed by atoms with Gasteiger partial charge in [0.05, 0.1) is 40.6 Å². The van der Waals surface area contributed by atoms with Gasteiger partial charge in [-0.05, 0) is 42.8 Å². The first-order valence-corrected chi connectivity index (χ1v) is 10.3. The third-order valence-corrected chi connectivity index (χ3v) is 5.44. The summed E-state index contributed by atoms with van der Waals surface area (Å²) in [5.74, 6) is -2.54. The van der Waals surface area contributed by atoms with E-state index in [0.717, 1.165) is 22.9 Å². The molecule has 2 aromatic heterocycles. The summed E-state index contributed by atoms with van der Waals surface area (Å²) in [6.07, 6.45) is -4.95. The molecule has 182 valence electrons. The van der Waals surface area contributed by atoms with E-state index < -0.39 is 35.2 Å². The van der Waals surface area contributed by atoms with E-state index in [1.165, 1.54) is 19.1 Å². The molecule has 36 heavy (non-hydrogen) atoms. The van der Waals surface area contributed by atoms with Gasteiger partial charge in [-0.3, -0.25) is 14.3 Å². The van der Waals surface area contributed by atoms with Crippen molar-refractivity contribution in [2.24, 2.45) is 5.73 Å². The third-order valence-electron chi connectivity index (χ3n) is 5.44. The van der Waals surface area contributed by atoms with Crippen molar-refractivity contribution in [2.75, 3.05) is 5.32 Å². The van der Waals surface area contributed by atoms with E-state index in [1.807, 2.05) is 6.07 Å². The van der Waals surface area contributed by atoms with Gasteiger partial charge in [0.1, 0.15) is 11.5 Å². The van der Waals surface area contributed by atoms with Crippen LogP contribution >= 0.6 is 0 Å². The molecule has 0 aliphatic heterocycles. The molecule has 0 bridgehead atoms. The van der Waals surface area contributed by atoms with Crippen LogP contribution < -0.4 is 11.1 Å². The van der Waals surface area contributed by atoms with Crippen LogP contribution in [0.1, 0.15) is 43.4 Å². The summed E-state index contributed by atoms with van der Waals surface area (Å²) in [6.45, 7) is 0.928. The normalized spacial score (nSPS) is 11.3. The van der Waals surface area contributed by atoms with Crippen LogP contribution in [0.3, 0.4) is 0 Å². The molecule has 0 radical (unpaired) electrons. The van der Waals surface area contributed by atoms with Crippen molar-refractivity contribution in [3.05, 3.63) is 88.1 Å². The van der Waals surface area contributed by atoms with Gasteiger partial charge >= 0.3 is 6.18 Å². The Balaban J connectivity index is 1.76. The van der Waals surface area contributed by atoms with Crippen molar-refractivity contribution in [2.45, 2.75) is 19.6 Å². The van der Waals surface area contributed by atoms with Gasteiger partial charge in [-0.1, -0.05) is 18.2 Å². The number of amides is 2. The fraction of sp³-hybridized carbons (Fsp3) is 0.125. The topological polar surface area (TPSA) is 127 Å². The minimum Gasteiger partial charge on any atom is -0.366 e. The number of pyridine rings is 1. The molecule has 4 aromatic rings. The standard InChI is InChI=1S/C24H16F4N6O2/c1-12-20(32-23(36)19-9-17(22(30)35)16-4-2-3-5-18(16)31-19)21(24(26,27)28)33-34(12)11-14-8-15(25)7-6-13(14)10-29/h2-9H,11H2,1H3,(H2,30,35)(H,32,36). The van der Waals surface area contributed by atoms with E-state index in [1.54, 1.807) is 18.2 Å². The van der Waals surface area contributed by atoms with Crippen LogP contribution in [-0.4, -0.2) is 26.6 Å². The van der Waals surface area contributed by atoms with E-state index in [9.17, 15) is 32.4 Å². The Morgan fingerprint density at radius 3 is 2.56 bits per heavy atom. The van der Waals surface area contributed by atoms with Gasteiger partial charge in [0.2, 0.25) is 5.91 Å². The number of hydrogen-bond acceptors (Lipinski definition) is 5. The number of nitrogens with one attached hydrogen (secondary N) is 1. The second-order valence-electron chi connectivity index (χ2n) is 7.77. The first-order valence-electron chi connectivity index (χ1n) is 10.3. The maximum atomic E-state index is 13.8. The second-order valence-corrected chi connectivity index (χ2v) is 7.77. The molecule has 2 heterocycles. The first kappa shape index (κ1) is 24.3. The highest BCUT2D eigenvalue weighted by atomic mass is 19.4. The highest BCUT2D eigenvalue weighted by Gasteiger charge is 2.39. The molecule has 0 unspecified atom stereocenters. The molecule has 0 aliphatic carbocycles. The zero-order valence-electron chi connectivity index (χ0n) is 18.5. The molecule has 2 amide bonds. The van der Waals surface area contributed by atoms with Gasteiger partial charge in [0.15, 0.2) is 5.69 Å². The fourth-order valence-corrected chi connectivity index (χ4v) is 3.68. The summed E-state index contributed by atoms with van der Waals surface area (Å²) in [4.78, 5) is 29.0. The van der Waals surface area contributed by atoms with Crippen LogP contribution in [-0.2, 0) is 12.7 Å². The average molecular weight is 496 g/mol. The third kappa shape index (κ3) is 4.58. The summed E-state index contributed by atoms with van der Waals surface area (Å²) < 4.78 is 56.0. The molecular formula is C24H16F4N6O2. The molecular weight excluding hydrogens is 480 g/mol. The molecule has 0 fully saturated rings. The van der Waals surface area contributed by atoms with E-state index in [0.29, 0.717) is 5.39 Å². The van der Waals surface area contributed by atoms with Crippen LogP contribution in [0.5, 0.6) is 0 Å². The summed E-state index contributed by atoms with van der Waals surface area (Å²) >= 11 is 0. The number of para-hydroxylation sites is 1. The molecule has 0 atom stereocenters. The number of fused-ring (bicyclic) bond motifs is 1. The van der Waals surface area contributed by atoms with Crippen molar-refractivity contribution >= 4 is 28.4 Å². The number of nitriles is 1. The number of carbonyl (C=O) groups is 2. The summed E-state index contributed by atoms with van der Waals surface area (Å²) in [5.41, 5.74) is 3.34. The lowest BCUT2D eigenvalue weighted by atomic mass is 10.1. The number of carbonyl (C=O) groups excluding carboxylic acids is 2. The number of rotatable bonds is 5. The van der Waals surface area contributed by atoms with Crippen molar-refractivity contribution in [3.63, 3.8) is 0 Å². The minimum absolute atomic E-state index is 0.0238. The van der Waals surface area contributed by atoms with Crippen LogP contribution in [0.2, 0.25) is 0 Å². The molecule has 8 nitrogen and oxygen atoms in total. The van der Waals surface area contributed by atoms with Crippen LogP contribution in [0.15, 0.2) is 48.5 Å². The number of aromatic nitrogens is 3. The Labute approximate surface area is 201 Å². The van der Waals surface area contributed by atoms with Crippen LogP contribution in [0, 0.1) is 24.1 Å². The highest BCUT2D eigenvalue weighted by Crippen LogP contribution is 2.36. The molecule has 0 saturated heterocycles. The van der Waals surface area contributed by atoms with E-state index >= 15 is 0 Å². The van der Waals surface area contributed by atoms with Crippen LogP contribution in [0.25, 0.3) is 10.9 Å². The molecule has 0 aliphatic rings. The second kappa shape index (κ2) is 9.10. The van der Waals surface area contributed by atoms with Crippen LogP contribution in [0.4, 0.5) is 23.2 Å². The predicted molar refractivity (Wildman–Crippen MR) is 120 cm³/mol. The molecule has 4 rings (SSSR count). The molecule has 0 saturated carbocycles. The first-order chi connectivity index (χ1) is 17.0. The lowest BCUT2D eigenvalue weighted by Gasteiger charge is -2.11. The van der Waals surface area contributed by atoms with Gasteiger partial charge in [-0.2, -0.15) is 23.5 Å². The number of alkyl halides is 3. The quantitative estimate of drug-likeness (QED) is 0.401. The molecule has 0 spiro atoms. The Bertz CT molecular complexity index is 1570. The number of benzene rings is 2. The summed E-state index contributed by atoms with van der Waals surface area (Å²) in [5, 5.41) is 15.4. The minimum atomic E-state index is -4.95. The van der Waals surface area contributed by atoms with Crippen molar-refractivity contribution < 1.29 is 27.2 Å². The van der Waals surface area contributed by atoms with Gasteiger partial charge in [0, 0.05) is 5.39 Å². The zero-order chi connectivity index (χ0) is 26.2. The number of primary amides is 1. The molecule has 3 N–H and O–H groups in total. The number of hydrogen-bond donors (Lipinski definition) is 2. The van der Waals surface area contributed by atoms with Gasteiger partial charge in [-0.15, -0.1) is 0 Å². The monoisotopic (exact) mass is 496 g/mol. The lowest BCUT2D eigenvalue weighted by Crippen LogP contribution is -2.19. The highest BCUT2D eigenvalue weighted by molar-refractivity contribution is 6.10. The number of halogens is 4. The van der Waals surface area contributed by atoms with E-state index in [2.05, 4.69) is 15.4 Å². The Morgan fingerprint density at radius 1 is 1.17 bits per heavy atom. The summed E-state index contributed by atoms with van der Waals surface area (Å²) in [6, 6.07) is 12.6.